The Bertz CT molecular complexity index is 1030. The van der Waals surface area contributed by atoms with Crippen molar-refractivity contribution in [2.75, 3.05) is 13.2 Å². The highest BCUT2D eigenvalue weighted by molar-refractivity contribution is 7.80. The number of para-hydroxylation sites is 1. The molecule has 7 heteroatoms. The molecule has 1 aromatic heterocycles. The van der Waals surface area contributed by atoms with E-state index in [1.165, 1.54) is 5.56 Å². The number of hydrogen-bond acceptors (Lipinski definition) is 4. The number of ether oxygens (including phenoxy) is 1. The Morgan fingerprint density at radius 1 is 1.10 bits per heavy atom. The lowest BCUT2D eigenvalue weighted by molar-refractivity contribution is -0.119. The molecule has 0 radical (unpaired) electrons. The number of benzene rings is 2. The zero-order valence-electron chi connectivity index (χ0n) is 16.3. The highest BCUT2D eigenvalue weighted by Gasteiger charge is 2.13. The predicted molar refractivity (Wildman–Crippen MR) is 117 cm³/mol. The van der Waals surface area contributed by atoms with E-state index in [4.69, 9.17) is 17.0 Å². The first-order valence-electron chi connectivity index (χ1n) is 9.34. The van der Waals surface area contributed by atoms with Gasteiger partial charge in [0.05, 0.1) is 12.1 Å². The van der Waals surface area contributed by atoms with Crippen LogP contribution in [0, 0.1) is 0 Å². The lowest BCUT2D eigenvalue weighted by Crippen LogP contribution is -2.42. The molecular weight excluding hydrogens is 386 g/mol. The van der Waals surface area contributed by atoms with Gasteiger partial charge in [-0.05, 0) is 41.9 Å². The van der Waals surface area contributed by atoms with E-state index in [0.29, 0.717) is 17.2 Å². The fourth-order valence-electron chi connectivity index (χ4n) is 2.82. The van der Waals surface area contributed by atoms with Crippen molar-refractivity contribution in [3.05, 3.63) is 65.9 Å². The number of Topliss-reactive ketones (excluding diaryl/α,β-unsaturated/α-hetero) is 1. The van der Waals surface area contributed by atoms with Gasteiger partial charge in [-0.15, -0.1) is 0 Å². The van der Waals surface area contributed by atoms with Crippen molar-refractivity contribution < 1.29 is 14.3 Å². The molecule has 0 aliphatic heterocycles. The smallest absolute Gasteiger partial charge is 0.259 e. The Labute approximate surface area is 174 Å². The Morgan fingerprint density at radius 2 is 1.83 bits per heavy atom. The van der Waals surface area contributed by atoms with Gasteiger partial charge >= 0.3 is 0 Å². The number of nitrogens with one attached hydrogen (secondary N) is 3. The topological polar surface area (TPSA) is 83.2 Å². The second-order valence-electron chi connectivity index (χ2n) is 6.94. The van der Waals surface area contributed by atoms with Crippen molar-refractivity contribution in [1.29, 1.82) is 0 Å². The van der Waals surface area contributed by atoms with E-state index < -0.39 is 0 Å². The van der Waals surface area contributed by atoms with Crippen molar-refractivity contribution in [3.63, 3.8) is 0 Å². The standard InChI is InChI=1S/C22H23N3O3S/c1-14(2)15-7-9-17(10-8-15)28-13-16(26)11-24-22(29)25-21(27)19-12-23-20-6-4-3-5-18(19)20/h3-10,12,14,23H,11,13H2,1-2H3,(H2,24,25,27,29). The summed E-state index contributed by atoms with van der Waals surface area (Å²) in [4.78, 5) is 27.5. The SMILES string of the molecule is CC(C)c1ccc(OCC(=O)CNC(=S)NC(=O)c2c[nH]c3ccccc23)cc1. The van der Waals surface area contributed by atoms with Gasteiger partial charge in [0.15, 0.2) is 10.9 Å². The molecule has 0 saturated heterocycles. The van der Waals surface area contributed by atoms with Gasteiger partial charge in [0.1, 0.15) is 12.4 Å². The quantitative estimate of drug-likeness (QED) is 0.520. The Morgan fingerprint density at radius 3 is 2.55 bits per heavy atom. The zero-order chi connectivity index (χ0) is 20.8. The van der Waals surface area contributed by atoms with Crippen LogP contribution in [0.5, 0.6) is 5.75 Å². The summed E-state index contributed by atoms with van der Waals surface area (Å²) in [7, 11) is 0. The predicted octanol–water partition coefficient (Wildman–Crippen LogP) is 3.54. The minimum absolute atomic E-state index is 0.0307. The summed E-state index contributed by atoms with van der Waals surface area (Å²) in [5, 5.41) is 6.23. The third-order valence-electron chi connectivity index (χ3n) is 4.45. The first-order chi connectivity index (χ1) is 13.9. The van der Waals surface area contributed by atoms with Crippen LogP contribution in [0.2, 0.25) is 0 Å². The first-order valence-corrected chi connectivity index (χ1v) is 9.74. The van der Waals surface area contributed by atoms with Gasteiger partial charge in [-0.25, -0.2) is 0 Å². The Kier molecular flexibility index (Phi) is 6.61. The van der Waals surface area contributed by atoms with Crippen LogP contribution in [0.4, 0.5) is 0 Å². The summed E-state index contributed by atoms with van der Waals surface area (Å²) in [5.41, 5.74) is 2.57. The van der Waals surface area contributed by atoms with Crippen LogP contribution in [0.1, 0.15) is 35.7 Å². The molecule has 0 aliphatic carbocycles. The van der Waals surface area contributed by atoms with E-state index in [0.717, 1.165) is 10.9 Å². The number of hydrogen-bond donors (Lipinski definition) is 3. The molecule has 0 bridgehead atoms. The number of aromatic amines is 1. The minimum atomic E-state index is -0.339. The number of carbonyl (C=O) groups excluding carboxylic acids is 2. The number of ketones is 1. The van der Waals surface area contributed by atoms with Crippen LogP contribution >= 0.6 is 12.2 Å². The van der Waals surface area contributed by atoms with Gasteiger partial charge in [0.2, 0.25) is 0 Å². The monoisotopic (exact) mass is 409 g/mol. The fraction of sp³-hybridized carbons (Fsp3) is 0.227. The van der Waals surface area contributed by atoms with Gasteiger partial charge in [0.25, 0.3) is 5.91 Å². The summed E-state index contributed by atoms with van der Waals surface area (Å²) in [5.74, 6) is 0.559. The van der Waals surface area contributed by atoms with Crippen LogP contribution in [0.3, 0.4) is 0 Å². The zero-order valence-corrected chi connectivity index (χ0v) is 17.1. The maximum Gasteiger partial charge on any atom is 0.259 e. The first kappa shape index (κ1) is 20.5. The van der Waals surface area contributed by atoms with Crippen LogP contribution in [0.15, 0.2) is 54.7 Å². The molecular formula is C22H23N3O3S. The van der Waals surface area contributed by atoms with Crippen LogP contribution in [0.25, 0.3) is 10.9 Å². The van der Waals surface area contributed by atoms with E-state index >= 15 is 0 Å². The molecule has 3 rings (SSSR count). The normalized spacial score (nSPS) is 10.7. The number of aromatic nitrogens is 1. The van der Waals surface area contributed by atoms with Crippen molar-refractivity contribution in [2.45, 2.75) is 19.8 Å². The van der Waals surface area contributed by atoms with Crippen molar-refractivity contribution in [2.24, 2.45) is 0 Å². The molecule has 3 aromatic rings. The molecule has 0 spiro atoms. The number of amides is 1. The molecule has 1 amide bonds. The molecule has 2 aromatic carbocycles. The molecule has 0 aliphatic rings. The highest BCUT2D eigenvalue weighted by atomic mass is 32.1. The van der Waals surface area contributed by atoms with Crippen LogP contribution in [-0.4, -0.2) is 34.9 Å². The van der Waals surface area contributed by atoms with E-state index in [-0.39, 0.29) is 30.0 Å². The van der Waals surface area contributed by atoms with Gasteiger partial charge in [-0.3, -0.25) is 14.9 Å². The average Bonchev–Trinajstić information content (AvgIpc) is 3.15. The molecule has 0 fully saturated rings. The molecule has 29 heavy (non-hydrogen) atoms. The third-order valence-corrected chi connectivity index (χ3v) is 4.70. The van der Waals surface area contributed by atoms with E-state index in [1.54, 1.807) is 6.20 Å². The number of carbonyl (C=O) groups is 2. The van der Waals surface area contributed by atoms with Gasteiger partial charge in [-0.2, -0.15) is 0 Å². The minimum Gasteiger partial charge on any atom is -0.486 e. The average molecular weight is 410 g/mol. The molecule has 1 heterocycles. The summed E-state index contributed by atoms with van der Waals surface area (Å²) >= 11 is 5.12. The number of thiocarbonyl (C=S) groups is 1. The number of H-pyrrole nitrogens is 1. The number of rotatable bonds is 7. The highest BCUT2D eigenvalue weighted by Crippen LogP contribution is 2.19. The largest absolute Gasteiger partial charge is 0.486 e. The van der Waals surface area contributed by atoms with Gasteiger partial charge < -0.3 is 15.0 Å². The molecule has 0 unspecified atom stereocenters. The van der Waals surface area contributed by atoms with E-state index in [2.05, 4.69) is 29.5 Å². The van der Waals surface area contributed by atoms with Crippen LogP contribution in [-0.2, 0) is 4.79 Å². The fourth-order valence-corrected chi connectivity index (χ4v) is 2.98. The van der Waals surface area contributed by atoms with Gasteiger partial charge in [-0.1, -0.05) is 44.2 Å². The summed E-state index contributed by atoms with van der Waals surface area (Å²) < 4.78 is 5.50. The summed E-state index contributed by atoms with van der Waals surface area (Å²) in [6, 6.07) is 15.2. The third kappa shape index (κ3) is 5.42. The van der Waals surface area contributed by atoms with E-state index in [1.807, 2.05) is 48.5 Å². The summed E-state index contributed by atoms with van der Waals surface area (Å²) in [6.07, 6.45) is 1.63. The van der Waals surface area contributed by atoms with Crippen molar-refractivity contribution >= 4 is 39.9 Å². The molecule has 6 nitrogen and oxygen atoms in total. The lowest BCUT2D eigenvalue weighted by Gasteiger charge is -2.10. The molecule has 150 valence electrons. The van der Waals surface area contributed by atoms with Gasteiger partial charge in [0, 0.05) is 17.1 Å². The molecule has 0 atom stereocenters. The maximum absolute atomic E-state index is 12.4. The molecule has 3 N–H and O–H groups in total. The van der Waals surface area contributed by atoms with Crippen LogP contribution < -0.4 is 15.4 Å². The second-order valence-corrected chi connectivity index (χ2v) is 7.34. The molecule has 0 saturated carbocycles. The lowest BCUT2D eigenvalue weighted by atomic mass is 10.0. The Balaban J connectivity index is 1.44. The van der Waals surface area contributed by atoms with Crippen molar-refractivity contribution in [3.8, 4) is 5.75 Å². The maximum atomic E-state index is 12.4. The summed E-state index contributed by atoms with van der Waals surface area (Å²) in [6.45, 7) is 4.13. The van der Waals surface area contributed by atoms with Crippen molar-refractivity contribution in [1.82, 2.24) is 15.6 Å². The number of fused-ring (bicyclic) bond motifs is 1. The Hall–Kier alpha value is -3.19. The second kappa shape index (κ2) is 9.34. The van der Waals surface area contributed by atoms with E-state index in [9.17, 15) is 9.59 Å².